The fourth-order valence-electron chi connectivity index (χ4n) is 14.6. The highest BCUT2D eigenvalue weighted by atomic mass is 31.2. The largest absolute Gasteiger partial charge is 0.472 e. The lowest BCUT2D eigenvalue weighted by Crippen LogP contribution is -2.30. The third-order valence-electron chi connectivity index (χ3n) is 22.2. The van der Waals surface area contributed by atoms with Crippen LogP contribution in [-0.2, 0) is 65.4 Å². The van der Waals surface area contributed by atoms with E-state index in [0.717, 1.165) is 108 Å². The number of phosphoric acid groups is 2. The molecule has 0 fully saturated rings. The average Bonchev–Trinajstić information content (AvgIpc) is 0.903. The molecule has 0 spiro atoms. The van der Waals surface area contributed by atoms with Crippen molar-refractivity contribution in [2.45, 2.75) is 516 Å². The van der Waals surface area contributed by atoms with Gasteiger partial charge in [-0.2, -0.15) is 0 Å². The van der Waals surface area contributed by atoms with E-state index in [1.807, 2.05) is 0 Å². The van der Waals surface area contributed by atoms with Crippen molar-refractivity contribution < 1.29 is 80.2 Å². The molecule has 0 aromatic carbocycles. The molecule has 6 atom stereocenters. The summed E-state index contributed by atoms with van der Waals surface area (Å²) in [6, 6.07) is 0. The van der Waals surface area contributed by atoms with E-state index in [2.05, 4.69) is 48.5 Å². The minimum atomic E-state index is -4.97. The Labute approximate surface area is 689 Å². The van der Waals surface area contributed by atoms with Crippen molar-refractivity contribution in [3.8, 4) is 0 Å². The standard InChI is InChI=1S/C93H182O17P2/c1-8-10-11-12-13-14-15-16-17-18-25-31-36-41-46-55-62-69-77-93(98)110-89(81-104-91(96)75-68-61-54-49-48-51-58-65-72-85(5)6)83-108-112(101,102)106-79-87(94)78-105-111(99,100)107-82-88(80-103-90(95)74-67-60-53-45-40-35-30-26-21-19-23-28-33-38-43-50-57-64-71-84(3)4)109-92(97)76-70-63-56-47-42-37-32-27-22-20-24-29-34-39-44-52-59-66-73-86(7)9-2/h84-89,94H,8-83H2,1-7H3,(H,99,100)(H,101,102)/t86?,87-,88-,89-/m1/s1. The molecule has 666 valence electrons. The Morgan fingerprint density at radius 3 is 0.679 bits per heavy atom. The third-order valence-corrected chi connectivity index (χ3v) is 24.1. The first-order valence-corrected chi connectivity index (χ1v) is 50.9. The van der Waals surface area contributed by atoms with E-state index >= 15 is 0 Å². The zero-order valence-corrected chi connectivity index (χ0v) is 75.9. The highest BCUT2D eigenvalue weighted by Crippen LogP contribution is 2.45. The van der Waals surface area contributed by atoms with Crippen LogP contribution in [0.4, 0.5) is 0 Å². The number of phosphoric ester groups is 2. The molecule has 0 aromatic rings. The molecule has 3 N–H and O–H groups in total. The second kappa shape index (κ2) is 82.7. The maximum atomic E-state index is 13.2. The molecule has 0 saturated heterocycles. The molecule has 0 saturated carbocycles. The van der Waals surface area contributed by atoms with Gasteiger partial charge in [-0.25, -0.2) is 9.13 Å². The molecular formula is C93H182O17P2. The zero-order chi connectivity index (χ0) is 82.2. The SMILES string of the molecule is CCCCCCCCCCCCCCCCCCCCC(=O)O[C@H](COC(=O)CCCCCCCCCCC(C)C)COP(=O)(O)OC[C@H](O)COP(=O)(O)OC[C@@H](COC(=O)CCCCCCCCCCCCCCCCCCCCC(C)C)OC(=O)CCCCCCCCCCCCCCCCCCCCC(C)CC. The van der Waals surface area contributed by atoms with Gasteiger partial charge in [-0.1, -0.05) is 447 Å². The maximum absolute atomic E-state index is 13.2. The van der Waals surface area contributed by atoms with Crippen LogP contribution >= 0.6 is 15.6 Å². The second-order valence-corrected chi connectivity index (χ2v) is 37.5. The number of aliphatic hydroxyl groups excluding tert-OH is 1. The van der Waals surface area contributed by atoms with Crippen molar-refractivity contribution >= 4 is 39.5 Å². The number of aliphatic hydroxyl groups is 1. The molecule has 0 aliphatic carbocycles. The molecular weight excluding hydrogens is 1450 g/mol. The van der Waals surface area contributed by atoms with Crippen molar-refractivity contribution in [3.63, 3.8) is 0 Å². The van der Waals surface area contributed by atoms with Crippen LogP contribution in [0.15, 0.2) is 0 Å². The van der Waals surface area contributed by atoms with E-state index in [9.17, 15) is 43.2 Å². The highest BCUT2D eigenvalue weighted by Gasteiger charge is 2.31. The van der Waals surface area contributed by atoms with Gasteiger partial charge in [-0.3, -0.25) is 37.3 Å². The lowest BCUT2D eigenvalue weighted by molar-refractivity contribution is -0.161. The van der Waals surface area contributed by atoms with Gasteiger partial charge in [0.2, 0.25) is 0 Å². The van der Waals surface area contributed by atoms with E-state index in [1.54, 1.807) is 0 Å². The molecule has 0 heterocycles. The van der Waals surface area contributed by atoms with E-state index < -0.39 is 97.5 Å². The Bertz CT molecular complexity index is 2150. The van der Waals surface area contributed by atoms with Gasteiger partial charge < -0.3 is 33.8 Å². The molecule has 19 heteroatoms. The molecule has 0 radical (unpaired) electrons. The summed E-state index contributed by atoms with van der Waals surface area (Å²) in [5, 5.41) is 10.7. The van der Waals surface area contributed by atoms with Gasteiger partial charge in [0.1, 0.15) is 19.3 Å². The van der Waals surface area contributed by atoms with E-state index in [0.29, 0.717) is 25.7 Å². The smallest absolute Gasteiger partial charge is 0.462 e. The maximum Gasteiger partial charge on any atom is 0.472 e. The van der Waals surface area contributed by atoms with E-state index in [4.69, 9.17) is 37.0 Å². The lowest BCUT2D eigenvalue weighted by atomic mass is 9.99. The Hall–Kier alpha value is -1.94. The van der Waals surface area contributed by atoms with Crippen molar-refractivity contribution in [1.29, 1.82) is 0 Å². The molecule has 0 aliphatic rings. The fraction of sp³-hybridized carbons (Fsp3) is 0.957. The summed E-state index contributed by atoms with van der Waals surface area (Å²) < 4.78 is 69.1. The van der Waals surface area contributed by atoms with Crippen LogP contribution in [0.1, 0.15) is 498 Å². The molecule has 0 aliphatic heterocycles. The topological polar surface area (TPSA) is 237 Å². The van der Waals surface area contributed by atoms with Crippen LogP contribution in [0, 0.1) is 17.8 Å². The number of hydrogen-bond donors (Lipinski definition) is 3. The van der Waals surface area contributed by atoms with Crippen molar-refractivity contribution in [2.75, 3.05) is 39.6 Å². The van der Waals surface area contributed by atoms with Gasteiger partial charge in [-0.15, -0.1) is 0 Å². The van der Waals surface area contributed by atoms with E-state index in [1.165, 1.54) is 308 Å². The first-order chi connectivity index (χ1) is 54.3. The Kier molecular flexibility index (Phi) is 81.3. The molecule has 3 unspecified atom stereocenters. The molecule has 112 heavy (non-hydrogen) atoms. The first kappa shape index (κ1) is 110. The Morgan fingerprint density at radius 2 is 0.455 bits per heavy atom. The number of carbonyl (C=O) groups is 4. The second-order valence-electron chi connectivity index (χ2n) is 34.6. The number of esters is 4. The van der Waals surface area contributed by atoms with Gasteiger partial charge in [0, 0.05) is 25.7 Å². The third kappa shape index (κ3) is 84.5. The fourth-order valence-corrected chi connectivity index (χ4v) is 16.2. The Morgan fingerprint density at radius 1 is 0.259 bits per heavy atom. The van der Waals surface area contributed by atoms with E-state index in [-0.39, 0.29) is 25.7 Å². The monoisotopic (exact) mass is 1630 g/mol. The summed E-state index contributed by atoms with van der Waals surface area (Å²) in [5.74, 6) is 0.324. The zero-order valence-electron chi connectivity index (χ0n) is 74.2. The number of carbonyl (C=O) groups excluding carboxylic acids is 4. The minimum absolute atomic E-state index is 0.108. The summed E-state index contributed by atoms with van der Waals surface area (Å²) in [5.41, 5.74) is 0. The van der Waals surface area contributed by atoms with Gasteiger partial charge in [0.05, 0.1) is 26.4 Å². The van der Waals surface area contributed by atoms with Crippen LogP contribution in [-0.4, -0.2) is 96.7 Å². The van der Waals surface area contributed by atoms with Crippen LogP contribution in [0.2, 0.25) is 0 Å². The lowest BCUT2D eigenvalue weighted by Gasteiger charge is -2.21. The summed E-state index contributed by atoms with van der Waals surface area (Å²) in [6.07, 6.45) is 76.5. The van der Waals surface area contributed by atoms with Crippen LogP contribution < -0.4 is 0 Å². The predicted molar refractivity (Wildman–Crippen MR) is 465 cm³/mol. The predicted octanol–water partition coefficient (Wildman–Crippen LogP) is 28.8. The highest BCUT2D eigenvalue weighted by molar-refractivity contribution is 7.47. The van der Waals surface area contributed by atoms with Crippen LogP contribution in [0.3, 0.4) is 0 Å². The van der Waals surface area contributed by atoms with Gasteiger partial charge >= 0.3 is 39.5 Å². The molecule has 0 amide bonds. The number of unbranched alkanes of at least 4 members (excludes halogenated alkanes) is 58. The summed E-state index contributed by atoms with van der Waals surface area (Å²) in [4.78, 5) is 73.5. The summed E-state index contributed by atoms with van der Waals surface area (Å²) >= 11 is 0. The Balaban J connectivity index is 5.23. The van der Waals surface area contributed by atoms with Crippen molar-refractivity contribution in [3.05, 3.63) is 0 Å². The van der Waals surface area contributed by atoms with Gasteiger partial charge in [0.15, 0.2) is 12.2 Å². The normalized spacial score (nSPS) is 14.0. The quantitative estimate of drug-likeness (QED) is 0.0222. The van der Waals surface area contributed by atoms with Gasteiger partial charge in [0.25, 0.3) is 0 Å². The summed E-state index contributed by atoms with van der Waals surface area (Å²) in [6.45, 7) is 12.1. The number of rotatable bonds is 91. The molecule has 0 rings (SSSR count). The van der Waals surface area contributed by atoms with Crippen molar-refractivity contribution in [2.24, 2.45) is 17.8 Å². The average molecular weight is 1630 g/mol. The van der Waals surface area contributed by atoms with Crippen LogP contribution in [0.25, 0.3) is 0 Å². The number of ether oxygens (including phenoxy) is 4. The van der Waals surface area contributed by atoms with Crippen LogP contribution in [0.5, 0.6) is 0 Å². The number of hydrogen-bond acceptors (Lipinski definition) is 15. The first-order valence-electron chi connectivity index (χ1n) is 47.9. The van der Waals surface area contributed by atoms with Crippen molar-refractivity contribution in [1.82, 2.24) is 0 Å². The molecule has 0 bridgehead atoms. The minimum Gasteiger partial charge on any atom is -0.462 e. The van der Waals surface area contributed by atoms with Gasteiger partial charge in [-0.05, 0) is 43.4 Å². The molecule has 17 nitrogen and oxygen atoms in total. The molecule has 0 aromatic heterocycles. The summed E-state index contributed by atoms with van der Waals surface area (Å²) in [7, 11) is -9.94.